The molecule has 0 aromatic rings. The quantitative estimate of drug-likeness (QED) is 0.471. The molecule has 0 rings (SSSR count). The molecule has 0 saturated heterocycles. The van der Waals surface area contributed by atoms with Crippen LogP contribution in [-0.2, 0) is 8.88 Å². The van der Waals surface area contributed by atoms with Crippen molar-refractivity contribution in [2.75, 3.05) is 6.16 Å². The van der Waals surface area contributed by atoms with Crippen LogP contribution in [0.1, 0.15) is 58.3 Å². The monoisotopic (exact) mass is 254 g/mol. The zero-order chi connectivity index (χ0) is 11.6. The summed E-state index contributed by atoms with van der Waals surface area (Å²) in [6.45, 7) is 2.21. The second-order valence-electron chi connectivity index (χ2n) is 3.94. The van der Waals surface area contributed by atoms with Crippen LogP contribution in [0.3, 0.4) is 0 Å². The predicted molar refractivity (Wildman–Crippen MR) is 68.1 cm³/mol. The van der Waals surface area contributed by atoms with E-state index in [-0.39, 0.29) is 6.16 Å². The lowest BCUT2D eigenvalue weighted by molar-refractivity contribution is 0.397. The van der Waals surface area contributed by atoms with Gasteiger partial charge in [0.15, 0.2) is 0 Å². The minimum atomic E-state index is -3.28. The molecule has 92 valence electrons. The molecule has 3 nitrogen and oxygen atoms in total. The summed E-state index contributed by atoms with van der Waals surface area (Å²) >= 11 is 0. The SMILES string of the molecule is CCCCCCCCCCP(=O)(O)OP. The molecule has 15 heavy (non-hydrogen) atoms. The summed E-state index contributed by atoms with van der Waals surface area (Å²) in [5, 5.41) is 0. The molecule has 0 aliphatic carbocycles. The Hall–Kier alpha value is 0.580. The summed E-state index contributed by atoms with van der Waals surface area (Å²) in [4.78, 5) is 9.11. The number of rotatable bonds is 10. The molecule has 0 aromatic carbocycles. The Bertz CT molecular complexity index is 186. The summed E-state index contributed by atoms with van der Waals surface area (Å²) in [6, 6.07) is 0. The average molecular weight is 254 g/mol. The molecular formula is C10H24O3P2. The Morgan fingerprint density at radius 3 is 2.00 bits per heavy atom. The van der Waals surface area contributed by atoms with Crippen LogP contribution in [-0.4, -0.2) is 11.1 Å². The van der Waals surface area contributed by atoms with E-state index in [2.05, 4.69) is 11.2 Å². The smallest absolute Gasteiger partial charge is 0.324 e. The number of hydrogen-bond acceptors (Lipinski definition) is 2. The van der Waals surface area contributed by atoms with Gasteiger partial charge in [0, 0.05) is 9.47 Å². The molecule has 0 spiro atoms. The van der Waals surface area contributed by atoms with E-state index < -0.39 is 7.60 Å². The van der Waals surface area contributed by atoms with E-state index in [1.54, 1.807) is 0 Å². The fourth-order valence-corrected chi connectivity index (χ4v) is 2.54. The number of unbranched alkanes of at least 4 members (excludes halogenated alkanes) is 7. The summed E-state index contributed by atoms with van der Waals surface area (Å²) < 4.78 is 15.5. The van der Waals surface area contributed by atoms with Crippen LogP contribution in [0.15, 0.2) is 0 Å². The Morgan fingerprint density at radius 1 is 1.07 bits per heavy atom. The van der Waals surface area contributed by atoms with Crippen molar-refractivity contribution in [1.82, 2.24) is 0 Å². The lowest BCUT2D eigenvalue weighted by atomic mass is 10.1. The van der Waals surface area contributed by atoms with Crippen molar-refractivity contribution in [3.63, 3.8) is 0 Å². The molecule has 2 unspecified atom stereocenters. The van der Waals surface area contributed by atoms with E-state index in [9.17, 15) is 4.57 Å². The molecule has 0 aromatic heterocycles. The standard InChI is InChI=1S/C10H24O3P2/c1-2-3-4-5-6-7-8-9-10-15(11,12)13-14/h2-10,14H2,1H3,(H,11,12). The molecule has 0 heterocycles. The lowest BCUT2D eigenvalue weighted by Gasteiger charge is -2.07. The van der Waals surface area contributed by atoms with Crippen molar-refractivity contribution in [3.05, 3.63) is 0 Å². The second kappa shape index (κ2) is 9.78. The Balaban J connectivity index is 3.15. The van der Waals surface area contributed by atoms with Gasteiger partial charge < -0.3 is 4.89 Å². The van der Waals surface area contributed by atoms with Gasteiger partial charge in [0.1, 0.15) is 0 Å². The second-order valence-corrected chi connectivity index (χ2v) is 6.51. The molecule has 0 aliphatic rings. The third-order valence-electron chi connectivity index (χ3n) is 2.46. The van der Waals surface area contributed by atoms with Crippen molar-refractivity contribution in [1.29, 1.82) is 0 Å². The van der Waals surface area contributed by atoms with Gasteiger partial charge in [-0.1, -0.05) is 51.9 Å². The van der Waals surface area contributed by atoms with Gasteiger partial charge in [-0.05, 0) is 6.42 Å². The van der Waals surface area contributed by atoms with Crippen molar-refractivity contribution in [2.45, 2.75) is 58.3 Å². The van der Waals surface area contributed by atoms with Crippen LogP contribution in [0.2, 0.25) is 0 Å². The van der Waals surface area contributed by atoms with E-state index in [1.165, 1.54) is 38.5 Å². The van der Waals surface area contributed by atoms with Crippen LogP contribution in [0.25, 0.3) is 0 Å². The molecule has 0 amide bonds. The lowest BCUT2D eigenvalue weighted by Crippen LogP contribution is -1.89. The number of hydrogen-bond donors (Lipinski definition) is 1. The van der Waals surface area contributed by atoms with Crippen LogP contribution in [0, 0.1) is 0 Å². The van der Waals surface area contributed by atoms with E-state index in [0.717, 1.165) is 12.8 Å². The van der Waals surface area contributed by atoms with Gasteiger partial charge in [-0.15, -0.1) is 0 Å². The molecule has 0 radical (unpaired) electrons. The highest BCUT2D eigenvalue weighted by Gasteiger charge is 2.15. The highest BCUT2D eigenvalue weighted by Crippen LogP contribution is 2.44. The molecular weight excluding hydrogens is 230 g/mol. The zero-order valence-electron chi connectivity index (χ0n) is 9.65. The molecule has 2 atom stereocenters. The minimum Gasteiger partial charge on any atom is -0.324 e. The molecule has 5 heteroatoms. The van der Waals surface area contributed by atoms with Gasteiger partial charge in [-0.3, -0.25) is 8.88 Å². The maximum atomic E-state index is 11.1. The predicted octanol–water partition coefficient (Wildman–Crippen LogP) is 4.12. The maximum Gasteiger partial charge on any atom is 0.330 e. The normalized spacial score (nSPS) is 15.1. The largest absolute Gasteiger partial charge is 0.330 e. The van der Waals surface area contributed by atoms with Gasteiger partial charge in [-0.2, -0.15) is 0 Å². The van der Waals surface area contributed by atoms with Crippen molar-refractivity contribution >= 4 is 17.1 Å². The third-order valence-corrected chi connectivity index (χ3v) is 4.66. The fraction of sp³-hybridized carbons (Fsp3) is 1.00. The molecule has 0 bridgehead atoms. The first-order valence-electron chi connectivity index (χ1n) is 5.82. The van der Waals surface area contributed by atoms with Crippen LogP contribution < -0.4 is 0 Å². The summed E-state index contributed by atoms with van der Waals surface area (Å²) in [6.07, 6.45) is 9.74. The zero-order valence-corrected chi connectivity index (χ0v) is 11.7. The molecule has 1 N–H and O–H groups in total. The average Bonchev–Trinajstić information content (AvgIpc) is 2.22. The highest BCUT2D eigenvalue weighted by atomic mass is 31.2. The van der Waals surface area contributed by atoms with Crippen LogP contribution in [0.5, 0.6) is 0 Å². The van der Waals surface area contributed by atoms with E-state index in [1.807, 2.05) is 9.47 Å². The van der Waals surface area contributed by atoms with Crippen LogP contribution >= 0.6 is 17.1 Å². The Kier molecular flexibility index (Phi) is 10.2. The first-order valence-corrected chi connectivity index (χ1v) is 8.06. The van der Waals surface area contributed by atoms with E-state index in [0.29, 0.717) is 0 Å². The first kappa shape index (κ1) is 15.6. The van der Waals surface area contributed by atoms with Crippen molar-refractivity contribution in [2.24, 2.45) is 0 Å². The summed E-state index contributed by atoms with van der Waals surface area (Å²) in [5.41, 5.74) is 0. The molecule has 0 aliphatic heterocycles. The van der Waals surface area contributed by atoms with E-state index in [4.69, 9.17) is 4.89 Å². The van der Waals surface area contributed by atoms with E-state index >= 15 is 0 Å². The molecule has 0 fully saturated rings. The summed E-state index contributed by atoms with van der Waals surface area (Å²) in [5.74, 6) is 0. The highest BCUT2D eigenvalue weighted by molar-refractivity contribution is 7.56. The Labute approximate surface area is 95.8 Å². The van der Waals surface area contributed by atoms with Gasteiger partial charge in [0.05, 0.1) is 6.16 Å². The van der Waals surface area contributed by atoms with Gasteiger partial charge in [0.25, 0.3) is 0 Å². The van der Waals surface area contributed by atoms with Crippen molar-refractivity contribution < 1.29 is 13.8 Å². The van der Waals surface area contributed by atoms with Crippen molar-refractivity contribution in [3.8, 4) is 0 Å². The third kappa shape index (κ3) is 10.9. The molecule has 0 saturated carbocycles. The fourth-order valence-electron chi connectivity index (χ4n) is 1.50. The van der Waals surface area contributed by atoms with Crippen LogP contribution in [0.4, 0.5) is 0 Å². The summed E-state index contributed by atoms with van der Waals surface area (Å²) in [7, 11) is -1.41. The van der Waals surface area contributed by atoms with Gasteiger partial charge in [-0.25, -0.2) is 0 Å². The minimum absolute atomic E-state index is 0.283. The van der Waals surface area contributed by atoms with Gasteiger partial charge >= 0.3 is 7.60 Å². The topological polar surface area (TPSA) is 46.5 Å². The maximum absolute atomic E-state index is 11.1. The van der Waals surface area contributed by atoms with Gasteiger partial charge in [0.2, 0.25) is 0 Å². The first-order chi connectivity index (χ1) is 7.12. The Morgan fingerprint density at radius 2 is 1.53 bits per heavy atom.